The Morgan fingerprint density at radius 3 is 2.89 bits per heavy atom. The number of thioether (sulfide) groups is 1. The first-order valence-corrected chi connectivity index (χ1v) is 7.45. The van der Waals surface area contributed by atoms with Crippen LogP contribution in [0.5, 0.6) is 0 Å². The fourth-order valence-electron chi connectivity index (χ4n) is 1.52. The van der Waals surface area contributed by atoms with Gasteiger partial charge in [-0.2, -0.15) is 0 Å². The van der Waals surface area contributed by atoms with Crippen LogP contribution in [0.1, 0.15) is 32.5 Å². The van der Waals surface area contributed by atoms with Gasteiger partial charge >= 0.3 is 0 Å². The summed E-state index contributed by atoms with van der Waals surface area (Å²) in [6.07, 6.45) is 1.80. The van der Waals surface area contributed by atoms with Crippen molar-refractivity contribution in [2.45, 2.75) is 43.6 Å². The van der Waals surface area contributed by atoms with E-state index in [-0.39, 0.29) is 6.61 Å². The first-order chi connectivity index (χ1) is 9.19. The smallest absolute Gasteiger partial charge is 0.157 e. The minimum atomic E-state index is 0.200. The molecular formula is C13H23N3O2S. The van der Waals surface area contributed by atoms with Gasteiger partial charge in [-0.1, -0.05) is 13.8 Å². The van der Waals surface area contributed by atoms with Gasteiger partial charge in [0.15, 0.2) is 5.82 Å². The minimum absolute atomic E-state index is 0.200. The Hall–Kier alpha value is -0.850. The van der Waals surface area contributed by atoms with Crippen LogP contribution in [-0.4, -0.2) is 40.6 Å². The van der Waals surface area contributed by atoms with Gasteiger partial charge in [0.25, 0.3) is 0 Å². The summed E-state index contributed by atoms with van der Waals surface area (Å²) < 4.78 is 5.09. The first-order valence-electron chi connectivity index (χ1n) is 6.57. The zero-order valence-corrected chi connectivity index (χ0v) is 12.7. The summed E-state index contributed by atoms with van der Waals surface area (Å²) in [7, 11) is 1.64. The van der Waals surface area contributed by atoms with Crippen molar-refractivity contribution in [1.82, 2.24) is 9.97 Å². The van der Waals surface area contributed by atoms with E-state index >= 15 is 0 Å². The number of aromatic nitrogens is 2. The molecule has 0 radical (unpaired) electrons. The summed E-state index contributed by atoms with van der Waals surface area (Å²) in [6, 6.07) is 1.95. The highest BCUT2D eigenvalue weighted by Gasteiger charge is 2.09. The SMILES string of the molecule is CCCNc1cc(SC(C)CCO)nc(COC)n1. The molecule has 108 valence electrons. The van der Waals surface area contributed by atoms with E-state index in [4.69, 9.17) is 9.84 Å². The molecule has 1 heterocycles. The molecule has 1 atom stereocenters. The van der Waals surface area contributed by atoms with Crippen LogP contribution in [0.25, 0.3) is 0 Å². The molecule has 0 fully saturated rings. The molecule has 19 heavy (non-hydrogen) atoms. The largest absolute Gasteiger partial charge is 0.396 e. The molecule has 0 aliphatic carbocycles. The quantitative estimate of drug-likeness (QED) is 0.536. The van der Waals surface area contributed by atoms with Gasteiger partial charge in [-0.25, -0.2) is 9.97 Å². The third kappa shape index (κ3) is 6.22. The van der Waals surface area contributed by atoms with Crippen molar-refractivity contribution in [2.75, 3.05) is 25.6 Å². The maximum Gasteiger partial charge on any atom is 0.157 e. The summed E-state index contributed by atoms with van der Waals surface area (Å²) in [6.45, 7) is 5.69. The van der Waals surface area contributed by atoms with E-state index in [9.17, 15) is 0 Å². The molecule has 0 amide bonds. The Morgan fingerprint density at radius 2 is 2.26 bits per heavy atom. The van der Waals surface area contributed by atoms with E-state index in [0.29, 0.717) is 17.7 Å². The predicted molar refractivity (Wildman–Crippen MR) is 78.5 cm³/mol. The van der Waals surface area contributed by atoms with Crippen molar-refractivity contribution in [2.24, 2.45) is 0 Å². The lowest BCUT2D eigenvalue weighted by Crippen LogP contribution is -2.07. The average molecular weight is 285 g/mol. The monoisotopic (exact) mass is 285 g/mol. The second kappa shape index (κ2) is 9.12. The van der Waals surface area contributed by atoms with Crippen molar-refractivity contribution in [3.63, 3.8) is 0 Å². The zero-order valence-electron chi connectivity index (χ0n) is 11.8. The van der Waals surface area contributed by atoms with Gasteiger partial charge < -0.3 is 15.2 Å². The van der Waals surface area contributed by atoms with Crippen LogP contribution in [-0.2, 0) is 11.3 Å². The van der Waals surface area contributed by atoms with Crippen molar-refractivity contribution in [3.05, 3.63) is 11.9 Å². The normalized spacial score (nSPS) is 12.4. The highest BCUT2D eigenvalue weighted by Crippen LogP contribution is 2.25. The fourth-order valence-corrected chi connectivity index (χ4v) is 2.49. The number of hydrogen-bond acceptors (Lipinski definition) is 6. The molecule has 0 aromatic carbocycles. The number of hydrogen-bond donors (Lipinski definition) is 2. The molecule has 5 nitrogen and oxygen atoms in total. The van der Waals surface area contributed by atoms with Crippen LogP contribution in [0.2, 0.25) is 0 Å². The highest BCUT2D eigenvalue weighted by atomic mass is 32.2. The maximum absolute atomic E-state index is 8.95. The number of anilines is 1. The number of methoxy groups -OCH3 is 1. The lowest BCUT2D eigenvalue weighted by Gasteiger charge is -2.12. The van der Waals surface area contributed by atoms with Crippen LogP contribution < -0.4 is 5.32 Å². The van der Waals surface area contributed by atoms with Gasteiger partial charge in [-0.3, -0.25) is 0 Å². The zero-order chi connectivity index (χ0) is 14.1. The molecule has 2 N–H and O–H groups in total. The van der Waals surface area contributed by atoms with Gasteiger partial charge in [-0.05, 0) is 12.8 Å². The molecule has 0 aliphatic rings. The highest BCUT2D eigenvalue weighted by molar-refractivity contribution is 7.99. The van der Waals surface area contributed by atoms with E-state index < -0.39 is 0 Å². The molecule has 1 aromatic heterocycles. The van der Waals surface area contributed by atoms with Crippen molar-refractivity contribution in [1.29, 1.82) is 0 Å². The van der Waals surface area contributed by atoms with E-state index in [2.05, 4.69) is 29.1 Å². The van der Waals surface area contributed by atoms with E-state index in [0.717, 1.165) is 30.2 Å². The van der Waals surface area contributed by atoms with Crippen molar-refractivity contribution in [3.8, 4) is 0 Å². The average Bonchev–Trinajstić information content (AvgIpc) is 2.36. The molecule has 0 saturated carbocycles. The fraction of sp³-hybridized carbons (Fsp3) is 0.692. The van der Waals surface area contributed by atoms with Crippen LogP contribution in [0.4, 0.5) is 5.82 Å². The molecule has 6 heteroatoms. The van der Waals surface area contributed by atoms with Gasteiger partial charge in [0.05, 0.1) is 0 Å². The Labute approximate surface area is 119 Å². The van der Waals surface area contributed by atoms with Crippen molar-refractivity contribution < 1.29 is 9.84 Å². The number of aliphatic hydroxyl groups excluding tert-OH is 1. The molecule has 1 aromatic rings. The number of rotatable bonds is 9. The summed E-state index contributed by atoms with van der Waals surface area (Å²) in [5.74, 6) is 1.52. The standard InChI is InChI=1S/C13H23N3O2S/c1-4-6-14-11-8-13(19-10(2)5-7-17)16-12(15-11)9-18-3/h8,10,17H,4-7,9H2,1-3H3,(H,14,15,16). The predicted octanol–water partition coefficient (Wildman–Crippen LogP) is 2.31. The summed E-state index contributed by atoms with van der Waals surface area (Å²) in [4.78, 5) is 8.86. The second-order valence-corrected chi connectivity index (χ2v) is 5.77. The van der Waals surface area contributed by atoms with Crippen LogP contribution >= 0.6 is 11.8 Å². The van der Waals surface area contributed by atoms with E-state index in [1.165, 1.54) is 0 Å². The Bertz CT molecular complexity index is 377. The molecule has 1 unspecified atom stereocenters. The topological polar surface area (TPSA) is 67.3 Å². The molecule has 0 spiro atoms. The van der Waals surface area contributed by atoms with Gasteiger partial charge in [0.1, 0.15) is 17.5 Å². The molecule has 0 aliphatic heterocycles. The summed E-state index contributed by atoms with van der Waals surface area (Å²) in [5, 5.41) is 13.5. The maximum atomic E-state index is 8.95. The van der Waals surface area contributed by atoms with Crippen LogP contribution in [0.3, 0.4) is 0 Å². The third-order valence-electron chi connectivity index (χ3n) is 2.44. The lowest BCUT2D eigenvalue weighted by atomic mass is 10.3. The van der Waals surface area contributed by atoms with E-state index in [1.807, 2.05) is 6.07 Å². The van der Waals surface area contributed by atoms with Crippen LogP contribution in [0.15, 0.2) is 11.1 Å². The molecule has 0 bridgehead atoms. The lowest BCUT2D eigenvalue weighted by molar-refractivity contribution is 0.177. The Kier molecular flexibility index (Phi) is 7.78. The van der Waals surface area contributed by atoms with Gasteiger partial charge in [0, 0.05) is 31.6 Å². The number of nitrogens with one attached hydrogen (secondary N) is 1. The van der Waals surface area contributed by atoms with Gasteiger partial charge in [0.2, 0.25) is 0 Å². The van der Waals surface area contributed by atoms with Crippen molar-refractivity contribution >= 4 is 17.6 Å². The third-order valence-corrected chi connectivity index (χ3v) is 3.52. The first kappa shape index (κ1) is 16.2. The van der Waals surface area contributed by atoms with E-state index in [1.54, 1.807) is 18.9 Å². The Balaban J connectivity index is 2.79. The summed E-state index contributed by atoms with van der Waals surface area (Å²) >= 11 is 1.65. The van der Waals surface area contributed by atoms with Crippen LogP contribution in [0, 0.1) is 0 Å². The number of aliphatic hydroxyl groups is 1. The molecule has 1 rings (SSSR count). The minimum Gasteiger partial charge on any atom is -0.396 e. The molecular weight excluding hydrogens is 262 g/mol. The second-order valence-electron chi connectivity index (χ2n) is 4.31. The molecule has 0 saturated heterocycles. The van der Waals surface area contributed by atoms with Gasteiger partial charge in [-0.15, -0.1) is 11.8 Å². The number of nitrogens with zero attached hydrogens (tertiary/aromatic N) is 2. The summed E-state index contributed by atoms with van der Waals surface area (Å²) in [5.41, 5.74) is 0. The number of ether oxygens (including phenoxy) is 1. The Morgan fingerprint density at radius 1 is 1.47 bits per heavy atom.